The molecule has 1 aliphatic heterocycles. The van der Waals surface area contributed by atoms with Crippen LogP contribution in [0.2, 0.25) is 0 Å². The Balaban J connectivity index is 1.51. The van der Waals surface area contributed by atoms with E-state index in [1.807, 2.05) is 18.2 Å². The van der Waals surface area contributed by atoms with Gasteiger partial charge in [0.25, 0.3) is 5.79 Å². The van der Waals surface area contributed by atoms with Crippen LogP contribution in [0.25, 0.3) is 26.8 Å². The standard InChI is InChI=1S/C26H19FN4O4S2/c1-13(2)34-22-8-5-16(12-18(22)27)26(33)17(9-14-3-6-20-23(10-14)36-31-28-20)24(25(32)35-26)15-4-7-19-21(11-15)30-37-29-19/h3-8,10-13,33H,9H2,1-2H3. The van der Waals surface area contributed by atoms with Gasteiger partial charge in [-0.2, -0.15) is 8.75 Å². The largest absolute Gasteiger partial charge is 0.488 e. The Bertz CT molecular complexity index is 1710. The molecular formula is C26H19FN4O4S2. The summed E-state index contributed by atoms with van der Waals surface area (Å²) in [6.45, 7) is 3.58. The van der Waals surface area contributed by atoms with Gasteiger partial charge in [0.1, 0.15) is 16.6 Å². The maximum absolute atomic E-state index is 15.0. The monoisotopic (exact) mass is 534 g/mol. The zero-order valence-electron chi connectivity index (χ0n) is 19.6. The lowest BCUT2D eigenvalue weighted by atomic mass is 9.88. The summed E-state index contributed by atoms with van der Waals surface area (Å²) in [6.07, 6.45) is -0.0777. The molecule has 11 heteroatoms. The van der Waals surface area contributed by atoms with Crippen molar-refractivity contribution in [2.45, 2.75) is 32.2 Å². The number of fused-ring (bicyclic) bond motifs is 2. The minimum Gasteiger partial charge on any atom is -0.488 e. The third-order valence-electron chi connectivity index (χ3n) is 6.08. The molecule has 37 heavy (non-hydrogen) atoms. The lowest BCUT2D eigenvalue weighted by Crippen LogP contribution is -2.30. The topological polar surface area (TPSA) is 107 Å². The molecule has 0 spiro atoms. The van der Waals surface area contributed by atoms with Gasteiger partial charge < -0.3 is 14.6 Å². The van der Waals surface area contributed by atoms with Gasteiger partial charge in [-0.3, -0.25) is 0 Å². The van der Waals surface area contributed by atoms with Gasteiger partial charge in [-0.25, -0.2) is 9.18 Å². The zero-order chi connectivity index (χ0) is 25.7. The van der Waals surface area contributed by atoms with Crippen molar-refractivity contribution in [1.82, 2.24) is 18.3 Å². The van der Waals surface area contributed by atoms with E-state index >= 15 is 0 Å². The van der Waals surface area contributed by atoms with Crippen molar-refractivity contribution < 1.29 is 23.8 Å². The molecular weight excluding hydrogens is 515 g/mol. The number of aromatic nitrogens is 4. The highest BCUT2D eigenvalue weighted by Crippen LogP contribution is 2.45. The van der Waals surface area contributed by atoms with Crippen LogP contribution >= 0.6 is 23.3 Å². The molecule has 0 saturated heterocycles. The predicted molar refractivity (Wildman–Crippen MR) is 138 cm³/mol. The van der Waals surface area contributed by atoms with Crippen LogP contribution in [0.5, 0.6) is 5.75 Å². The molecule has 3 aromatic carbocycles. The first-order chi connectivity index (χ1) is 17.8. The zero-order valence-corrected chi connectivity index (χ0v) is 21.3. The van der Waals surface area contributed by atoms with Gasteiger partial charge >= 0.3 is 5.97 Å². The second-order valence-electron chi connectivity index (χ2n) is 8.92. The number of hydrogen-bond acceptors (Lipinski definition) is 10. The first-order valence-corrected chi connectivity index (χ1v) is 12.9. The fourth-order valence-corrected chi connectivity index (χ4v) is 5.55. The molecule has 0 fully saturated rings. The molecule has 3 heterocycles. The molecule has 0 radical (unpaired) electrons. The Morgan fingerprint density at radius 3 is 2.68 bits per heavy atom. The predicted octanol–water partition coefficient (Wildman–Crippen LogP) is 5.02. The number of carbonyl (C=O) groups is 1. The molecule has 1 atom stereocenters. The number of benzene rings is 3. The Hall–Kier alpha value is -3.80. The van der Waals surface area contributed by atoms with Crippen LogP contribution in [0.15, 0.2) is 60.2 Å². The van der Waals surface area contributed by atoms with E-state index in [-0.39, 0.29) is 35.0 Å². The average molecular weight is 535 g/mol. The Morgan fingerprint density at radius 1 is 1.05 bits per heavy atom. The second-order valence-corrected chi connectivity index (χ2v) is 10.2. The highest BCUT2D eigenvalue weighted by molar-refractivity contribution is 7.12. The molecule has 0 aliphatic carbocycles. The van der Waals surface area contributed by atoms with Crippen LogP contribution in [-0.2, 0) is 21.7 Å². The van der Waals surface area contributed by atoms with Crippen LogP contribution in [-0.4, -0.2) is 35.5 Å². The molecule has 1 N–H and O–H groups in total. The summed E-state index contributed by atoms with van der Waals surface area (Å²) in [6, 6.07) is 14.9. The molecule has 8 nitrogen and oxygen atoms in total. The summed E-state index contributed by atoms with van der Waals surface area (Å²) < 4.78 is 39.4. The maximum atomic E-state index is 15.0. The number of carbonyl (C=O) groups excluding carboxylic acids is 1. The summed E-state index contributed by atoms with van der Waals surface area (Å²) in [5.74, 6) is -3.54. The molecule has 0 amide bonds. The van der Waals surface area contributed by atoms with Gasteiger partial charge in [0, 0.05) is 17.6 Å². The number of hydrogen-bond donors (Lipinski definition) is 1. The van der Waals surface area contributed by atoms with E-state index in [2.05, 4.69) is 18.3 Å². The van der Waals surface area contributed by atoms with E-state index in [9.17, 15) is 14.3 Å². The maximum Gasteiger partial charge on any atom is 0.342 e. The number of rotatable bonds is 6. The van der Waals surface area contributed by atoms with E-state index in [0.717, 1.165) is 33.6 Å². The van der Waals surface area contributed by atoms with E-state index < -0.39 is 17.6 Å². The van der Waals surface area contributed by atoms with E-state index in [1.54, 1.807) is 32.0 Å². The normalized spacial score (nSPS) is 17.8. The van der Waals surface area contributed by atoms with Crippen molar-refractivity contribution in [2.24, 2.45) is 0 Å². The lowest BCUT2D eigenvalue weighted by molar-refractivity contribution is -0.185. The number of halogens is 1. The molecule has 2 aromatic heterocycles. The van der Waals surface area contributed by atoms with Crippen molar-refractivity contribution in [3.05, 3.63) is 82.7 Å². The SMILES string of the molecule is CC(C)Oc1ccc(C2(O)OC(=O)C(c3ccc4nsnc4c3)=C2Cc2ccc3nnsc3c2)cc1F. The average Bonchev–Trinajstić information content (AvgIpc) is 3.58. The summed E-state index contributed by atoms with van der Waals surface area (Å²) in [7, 11) is 0. The molecule has 5 aromatic rings. The van der Waals surface area contributed by atoms with Gasteiger partial charge in [-0.05, 0) is 79.0 Å². The Morgan fingerprint density at radius 2 is 1.86 bits per heavy atom. The smallest absolute Gasteiger partial charge is 0.342 e. The van der Waals surface area contributed by atoms with Gasteiger partial charge in [-0.1, -0.05) is 16.6 Å². The summed E-state index contributed by atoms with van der Waals surface area (Å²) in [4.78, 5) is 13.3. The van der Waals surface area contributed by atoms with Crippen molar-refractivity contribution in [2.75, 3.05) is 0 Å². The van der Waals surface area contributed by atoms with E-state index in [4.69, 9.17) is 9.47 Å². The number of nitrogens with zero attached hydrogens (tertiary/aromatic N) is 4. The van der Waals surface area contributed by atoms with Crippen LogP contribution in [0, 0.1) is 5.82 Å². The van der Waals surface area contributed by atoms with E-state index in [1.165, 1.54) is 23.7 Å². The minimum atomic E-state index is -2.19. The number of cyclic esters (lactones) is 1. The highest BCUT2D eigenvalue weighted by Gasteiger charge is 2.48. The number of esters is 1. The number of ether oxygens (including phenoxy) is 2. The third kappa shape index (κ3) is 4.14. The molecule has 0 saturated carbocycles. The highest BCUT2D eigenvalue weighted by atomic mass is 32.1. The summed E-state index contributed by atoms with van der Waals surface area (Å²) in [5.41, 5.74) is 3.96. The van der Waals surface area contributed by atoms with Gasteiger partial charge in [0.15, 0.2) is 11.6 Å². The van der Waals surface area contributed by atoms with Crippen LogP contribution < -0.4 is 4.74 Å². The molecule has 1 unspecified atom stereocenters. The van der Waals surface area contributed by atoms with Crippen molar-refractivity contribution in [3.8, 4) is 5.75 Å². The van der Waals surface area contributed by atoms with Crippen LogP contribution in [0.3, 0.4) is 0 Å². The Labute approximate surface area is 218 Å². The van der Waals surface area contributed by atoms with Gasteiger partial charge in [0.2, 0.25) is 0 Å². The van der Waals surface area contributed by atoms with Crippen molar-refractivity contribution in [1.29, 1.82) is 0 Å². The van der Waals surface area contributed by atoms with Crippen molar-refractivity contribution >= 4 is 56.1 Å². The number of aliphatic hydroxyl groups is 1. The molecule has 1 aliphatic rings. The minimum absolute atomic E-state index is 0.0436. The van der Waals surface area contributed by atoms with E-state index in [0.29, 0.717) is 16.6 Å². The second kappa shape index (κ2) is 8.94. The first-order valence-electron chi connectivity index (χ1n) is 11.4. The third-order valence-corrected chi connectivity index (χ3v) is 7.32. The van der Waals surface area contributed by atoms with Gasteiger partial charge in [-0.15, -0.1) is 5.10 Å². The molecule has 6 rings (SSSR count). The first kappa shape index (κ1) is 23.6. The fourth-order valence-electron chi connectivity index (χ4n) is 4.41. The Kier molecular flexibility index (Phi) is 5.70. The molecule has 186 valence electrons. The van der Waals surface area contributed by atoms with Gasteiger partial charge in [0.05, 0.1) is 28.1 Å². The molecule has 0 bridgehead atoms. The quantitative estimate of drug-likeness (QED) is 0.303. The summed E-state index contributed by atoms with van der Waals surface area (Å²) >= 11 is 2.32. The lowest BCUT2D eigenvalue weighted by Gasteiger charge is -2.26. The fraction of sp³-hybridized carbons (Fsp3) is 0.192. The van der Waals surface area contributed by atoms with Crippen LogP contribution in [0.1, 0.15) is 30.5 Å². The summed E-state index contributed by atoms with van der Waals surface area (Å²) in [5, 5.41) is 15.9. The van der Waals surface area contributed by atoms with Crippen LogP contribution in [0.4, 0.5) is 4.39 Å². The van der Waals surface area contributed by atoms with Crippen molar-refractivity contribution in [3.63, 3.8) is 0 Å².